The molecule has 1 N–H and O–H groups in total. The molecule has 0 fully saturated rings. The number of aryl methyl sites for hydroxylation is 1. The number of benzene rings is 1. The van der Waals surface area contributed by atoms with E-state index in [0.29, 0.717) is 6.54 Å². The van der Waals surface area contributed by atoms with Crippen LogP contribution in [0, 0.1) is 6.92 Å². The number of hydrogen-bond donors (Lipinski definition) is 1. The van der Waals surface area contributed by atoms with Gasteiger partial charge in [0.2, 0.25) is 0 Å². The predicted molar refractivity (Wildman–Crippen MR) is 85.7 cm³/mol. The van der Waals surface area contributed by atoms with Crippen LogP contribution in [0.15, 0.2) is 41.8 Å². The van der Waals surface area contributed by atoms with Crippen molar-refractivity contribution < 1.29 is 4.79 Å². The van der Waals surface area contributed by atoms with E-state index in [2.05, 4.69) is 29.3 Å². The van der Waals surface area contributed by atoms with Crippen molar-refractivity contribution in [2.24, 2.45) is 0 Å². The van der Waals surface area contributed by atoms with Gasteiger partial charge in [0.05, 0.1) is 4.88 Å². The van der Waals surface area contributed by atoms with Gasteiger partial charge in [-0.25, -0.2) is 0 Å². The molecule has 1 atom stereocenters. The first-order chi connectivity index (χ1) is 9.59. The van der Waals surface area contributed by atoms with E-state index < -0.39 is 0 Å². The van der Waals surface area contributed by atoms with E-state index in [1.165, 1.54) is 11.3 Å². The minimum Gasteiger partial charge on any atom is -0.370 e. The third-order valence-electron chi connectivity index (χ3n) is 3.45. The average molecular weight is 288 g/mol. The first-order valence-electron chi connectivity index (χ1n) is 6.69. The summed E-state index contributed by atoms with van der Waals surface area (Å²) in [6.07, 6.45) is 0. The van der Waals surface area contributed by atoms with Gasteiger partial charge in [-0.2, -0.15) is 0 Å². The summed E-state index contributed by atoms with van der Waals surface area (Å²) < 4.78 is 0. The number of nitrogens with one attached hydrogen (secondary N) is 1. The summed E-state index contributed by atoms with van der Waals surface area (Å²) in [4.78, 5) is 15.0. The minimum absolute atomic E-state index is 0.0193. The van der Waals surface area contributed by atoms with Crippen molar-refractivity contribution in [3.8, 4) is 0 Å². The Kier molecular flexibility index (Phi) is 4.79. The van der Waals surface area contributed by atoms with Gasteiger partial charge < -0.3 is 10.2 Å². The molecule has 20 heavy (non-hydrogen) atoms. The lowest BCUT2D eigenvalue weighted by molar-refractivity contribution is 0.0955. The molecule has 1 aromatic heterocycles. The molecule has 1 aromatic carbocycles. The van der Waals surface area contributed by atoms with E-state index in [1.54, 1.807) is 0 Å². The topological polar surface area (TPSA) is 32.3 Å². The molecule has 0 bridgehead atoms. The first kappa shape index (κ1) is 14.6. The third-order valence-corrected chi connectivity index (χ3v) is 4.47. The normalized spacial score (nSPS) is 11.9. The van der Waals surface area contributed by atoms with Crippen LogP contribution in [0.5, 0.6) is 0 Å². The lowest BCUT2D eigenvalue weighted by atomic mass is 10.2. The fourth-order valence-electron chi connectivity index (χ4n) is 1.98. The number of para-hydroxylation sites is 1. The van der Waals surface area contributed by atoms with E-state index in [1.807, 2.05) is 43.6 Å². The second kappa shape index (κ2) is 6.57. The Morgan fingerprint density at radius 3 is 2.60 bits per heavy atom. The summed E-state index contributed by atoms with van der Waals surface area (Å²) in [5.74, 6) is 0.0193. The van der Waals surface area contributed by atoms with Crippen LogP contribution in [0.1, 0.15) is 22.2 Å². The number of carbonyl (C=O) groups is 1. The standard InChI is InChI=1S/C16H20N2OS/c1-12-9-10-20-15(12)16(19)17-11-13(2)18(3)14-7-5-4-6-8-14/h4-10,13H,11H2,1-3H3,(H,17,19). The Balaban J connectivity index is 1.91. The highest BCUT2D eigenvalue weighted by Crippen LogP contribution is 2.16. The molecule has 3 nitrogen and oxygen atoms in total. The Hall–Kier alpha value is -1.81. The van der Waals surface area contributed by atoms with E-state index in [-0.39, 0.29) is 11.9 Å². The molecular formula is C16H20N2OS. The van der Waals surface area contributed by atoms with Gasteiger partial charge in [0, 0.05) is 25.3 Å². The molecule has 106 valence electrons. The Labute approximate surface area is 124 Å². The van der Waals surface area contributed by atoms with Crippen molar-refractivity contribution in [3.05, 3.63) is 52.2 Å². The van der Waals surface area contributed by atoms with E-state index in [0.717, 1.165) is 16.1 Å². The number of nitrogens with zero attached hydrogens (tertiary/aromatic N) is 1. The van der Waals surface area contributed by atoms with Crippen LogP contribution in [-0.4, -0.2) is 25.5 Å². The van der Waals surface area contributed by atoms with Crippen LogP contribution in [0.25, 0.3) is 0 Å². The van der Waals surface area contributed by atoms with E-state index in [9.17, 15) is 4.79 Å². The summed E-state index contributed by atoms with van der Waals surface area (Å²) in [6, 6.07) is 12.4. The molecule has 1 heterocycles. The van der Waals surface area contributed by atoms with Gasteiger partial charge in [-0.3, -0.25) is 4.79 Å². The number of hydrogen-bond acceptors (Lipinski definition) is 3. The number of likely N-dealkylation sites (N-methyl/N-ethyl adjacent to an activating group) is 1. The van der Waals surface area contributed by atoms with Gasteiger partial charge in [0.15, 0.2) is 0 Å². The zero-order chi connectivity index (χ0) is 14.5. The van der Waals surface area contributed by atoms with Crippen LogP contribution in [0.3, 0.4) is 0 Å². The highest BCUT2D eigenvalue weighted by Gasteiger charge is 2.14. The van der Waals surface area contributed by atoms with Crippen molar-refractivity contribution in [2.45, 2.75) is 19.9 Å². The summed E-state index contributed by atoms with van der Waals surface area (Å²) in [6.45, 7) is 4.70. The predicted octanol–water partition coefficient (Wildman–Crippen LogP) is 3.31. The number of thiophene rings is 1. The summed E-state index contributed by atoms with van der Waals surface area (Å²) >= 11 is 1.49. The van der Waals surface area contributed by atoms with Crippen LogP contribution >= 0.6 is 11.3 Å². The molecule has 2 rings (SSSR count). The van der Waals surface area contributed by atoms with Gasteiger partial charge in [-0.05, 0) is 43.0 Å². The Morgan fingerprint density at radius 1 is 1.30 bits per heavy atom. The van der Waals surface area contributed by atoms with Crippen LogP contribution in [0.4, 0.5) is 5.69 Å². The molecule has 1 unspecified atom stereocenters. The van der Waals surface area contributed by atoms with Gasteiger partial charge in [0.1, 0.15) is 0 Å². The second-order valence-electron chi connectivity index (χ2n) is 4.94. The third kappa shape index (κ3) is 3.39. The summed E-state index contributed by atoms with van der Waals surface area (Å²) in [5.41, 5.74) is 2.19. The van der Waals surface area contributed by atoms with Gasteiger partial charge in [-0.1, -0.05) is 18.2 Å². The summed E-state index contributed by atoms with van der Waals surface area (Å²) in [7, 11) is 2.04. The SMILES string of the molecule is Cc1ccsc1C(=O)NCC(C)N(C)c1ccccc1. The smallest absolute Gasteiger partial charge is 0.261 e. The molecule has 0 spiro atoms. The first-order valence-corrected chi connectivity index (χ1v) is 7.57. The molecule has 0 radical (unpaired) electrons. The van der Waals surface area contributed by atoms with Gasteiger partial charge in [-0.15, -0.1) is 11.3 Å². The second-order valence-corrected chi connectivity index (χ2v) is 5.85. The van der Waals surface area contributed by atoms with Crippen LogP contribution in [-0.2, 0) is 0 Å². The number of anilines is 1. The monoisotopic (exact) mass is 288 g/mol. The van der Waals surface area contributed by atoms with E-state index in [4.69, 9.17) is 0 Å². The maximum Gasteiger partial charge on any atom is 0.261 e. The molecule has 0 aliphatic heterocycles. The van der Waals surface area contributed by atoms with Crippen molar-refractivity contribution in [1.29, 1.82) is 0 Å². The van der Waals surface area contributed by atoms with E-state index >= 15 is 0 Å². The molecule has 0 aliphatic rings. The fraction of sp³-hybridized carbons (Fsp3) is 0.312. The average Bonchev–Trinajstić information content (AvgIpc) is 2.90. The van der Waals surface area contributed by atoms with Crippen LogP contribution in [0.2, 0.25) is 0 Å². The largest absolute Gasteiger partial charge is 0.370 e. The highest BCUT2D eigenvalue weighted by molar-refractivity contribution is 7.12. The molecule has 1 amide bonds. The molecular weight excluding hydrogens is 268 g/mol. The molecule has 0 saturated carbocycles. The van der Waals surface area contributed by atoms with Crippen molar-refractivity contribution >= 4 is 22.9 Å². The zero-order valence-corrected chi connectivity index (χ0v) is 12.9. The summed E-state index contributed by atoms with van der Waals surface area (Å²) in [5, 5.41) is 4.95. The van der Waals surface area contributed by atoms with Crippen LogP contribution < -0.4 is 10.2 Å². The highest BCUT2D eigenvalue weighted by atomic mass is 32.1. The molecule has 0 aliphatic carbocycles. The lowest BCUT2D eigenvalue weighted by Crippen LogP contribution is -2.40. The molecule has 4 heteroatoms. The lowest BCUT2D eigenvalue weighted by Gasteiger charge is -2.27. The van der Waals surface area contributed by atoms with Gasteiger partial charge >= 0.3 is 0 Å². The maximum atomic E-state index is 12.1. The van der Waals surface area contributed by atoms with Gasteiger partial charge in [0.25, 0.3) is 5.91 Å². The quantitative estimate of drug-likeness (QED) is 0.915. The number of rotatable bonds is 5. The molecule has 2 aromatic rings. The van der Waals surface area contributed by atoms with Crippen molar-refractivity contribution in [3.63, 3.8) is 0 Å². The maximum absolute atomic E-state index is 12.1. The Morgan fingerprint density at radius 2 is 2.00 bits per heavy atom. The van der Waals surface area contributed by atoms with Crippen molar-refractivity contribution in [2.75, 3.05) is 18.5 Å². The Bertz CT molecular complexity index is 565. The zero-order valence-electron chi connectivity index (χ0n) is 12.1. The number of carbonyl (C=O) groups excluding carboxylic acids is 1. The minimum atomic E-state index is 0.0193. The fourth-order valence-corrected chi connectivity index (χ4v) is 2.82. The molecule has 0 saturated heterocycles. The number of amides is 1. The van der Waals surface area contributed by atoms with Crippen molar-refractivity contribution in [1.82, 2.24) is 5.32 Å².